The van der Waals surface area contributed by atoms with Crippen molar-refractivity contribution in [3.8, 4) is 12.3 Å². The van der Waals surface area contributed by atoms with Gasteiger partial charge in [-0.15, -0.1) is 13.0 Å². The molecule has 8 atom stereocenters. The van der Waals surface area contributed by atoms with Crippen LogP contribution in [0, 0.1) is 47.3 Å². The van der Waals surface area contributed by atoms with E-state index in [0.717, 1.165) is 44.9 Å². The van der Waals surface area contributed by atoms with E-state index < -0.39 is 5.60 Å². The van der Waals surface area contributed by atoms with E-state index in [9.17, 15) is 10.2 Å². The van der Waals surface area contributed by atoms with Crippen molar-refractivity contribution in [2.24, 2.45) is 35.0 Å². The van der Waals surface area contributed by atoms with Gasteiger partial charge in [0, 0.05) is 5.41 Å². The van der Waals surface area contributed by atoms with E-state index in [-0.39, 0.29) is 17.4 Å². The summed E-state index contributed by atoms with van der Waals surface area (Å²) in [6.07, 6.45) is 16.0. The van der Waals surface area contributed by atoms with Crippen LogP contribution in [0.15, 0.2) is 23.8 Å². The van der Waals surface area contributed by atoms with Crippen molar-refractivity contribution in [3.63, 3.8) is 0 Å². The predicted octanol–water partition coefficient (Wildman–Crippen LogP) is 4.48. The summed E-state index contributed by atoms with van der Waals surface area (Å²) in [5.74, 6) is 5.25. The fourth-order valence-corrected chi connectivity index (χ4v) is 7.58. The molecule has 0 saturated heterocycles. The molecule has 0 aliphatic heterocycles. The Morgan fingerprint density at radius 1 is 1.35 bits per heavy atom. The number of fused-ring (bicyclic) bond motifs is 4. The Labute approximate surface area is 158 Å². The third-order valence-electron chi connectivity index (χ3n) is 8.74. The molecule has 26 heavy (non-hydrogen) atoms. The van der Waals surface area contributed by atoms with Crippen LogP contribution in [-0.2, 0) is 0 Å². The van der Waals surface area contributed by atoms with E-state index in [1.165, 1.54) is 6.42 Å². The highest BCUT2D eigenvalue weighted by atomic mass is 16.3. The van der Waals surface area contributed by atoms with Gasteiger partial charge in [0.15, 0.2) is 0 Å². The van der Waals surface area contributed by atoms with Crippen molar-refractivity contribution in [1.82, 2.24) is 0 Å². The van der Waals surface area contributed by atoms with Gasteiger partial charge in [-0.3, -0.25) is 0 Å². The molecule has 4 rings (SSSR count). The minimum absolute atomic E-state index is 0.143. The second-order valence-electron chi connectivity index (χ2n) is 9.81. The van der Waals surface area contributed by atoms with Crippen LogP contribution in [0.5, 0.6) is 0 Å². The molecule has 2 saturated carbocycles. The monoisotopic (exact) mass is 354 g/mol. The second-order valence-corrected chi connectivity index (χ2v) is 9.81. The van der Waals surface area contributed by atoms with Crippen molar-refractivity contribution in [2.75, 3.05) is 0 Å². The fourth-order valence-electron chi connectivity index (χ4n) is 7.58. The zero-order chi connectivity index (χ0) is 18.7. The zero-order valence-corrected chi connectivity index (χ0v) is 16.4. The molecule has 3 unspecified atom stereocenters. The third-order valence-corrected chi connectivity index (χ3v) is 8.74. The molecule has 4 aliphatic rings. The molecule has 0 aromatic carbocycles. The third kappa shape index (κ3) is 2.33. The van der Waals surface area contributed by atoms with E-state index >= 15 is 0 Å². The lowest BCUT2D eigenvalue weighted by Crippen LogP contribution is -2.55. The SMILES string of the molecule is C#C[C@]1(O)[C@H](C)CC2C3CCC4=C(CC[C@H](O)C4)C3[C@@H](CC=C)C[C@@]21C. The van der Waals surface area contributed by atoms with Crippen molar-refractivity contribution < 1.29 is 10.2 Å². The first-order valence-corrected chi connectivity index (χ1v) is 10.6. The molecule has 0 aromatic heterocycles. The van der Waals surface area contributed by atoms with Crippen molar-refractivity contribution >= 4 is 0 Å². The van der Waals surface area contributed by atoms with Gasteiger partial charge in [0.2, 0.25) is 0 Å². The van der Waals surface area contributed by atoms with E-state index in [0.29, 0.717) is 23.7 Å². The summed E-state index contributed by atoms with van der Waals surface area (Å²) in [6.45, 7) is 8.44. The first-order valence-electron chi connectivity index (χ1n) is 10.6. The van der Waals surface area contributed by atoms with Gasteiger partial charge < -0.3 is 10.2 Å². The normalized spacial score (nSPS) is 50.4. The topological polar surface area (TPSA) is 40.5 Å². The highest BCUT2D eigenvalue weighted by molar-refractivity contribution is 5.32. The van der Waals surface area contributed by atoms with Crippen LogP contribution in [0.3, 0.4) is 0 Å². The molecule has 0 heterocycles. The standard InChI is InChI=1S/C24H34O2/c1-5-7-17-14-23(4)21(12-15(3)24(23,26)6-2)20-10-8-16-13-18(25)9-11-19(16)22(17)20/h2,5,15,17-18,20-22,25-26H,1,7-14H2,3-4H3/t15-,17+,18+,20?,21?,22?,23+,24+/m1/s1. The van der Waals surface area contributed by atoms with Gasteiger partial charge in [-0.05, 0) is 81.0 Å². The number of hydrogen-bond donors (Lipinski definition) is 2. The van der Waals surface area contributed by atoms with Crippen molar-refractivity contribution in [1.29, 1.82) is 0 Å². The summed E-state index contributed by atoms with van der Waals surface area (Å²) in [7, 11) is 0. The van der Waals surface area contributed by atoms with Gasteiger partial charge in [-0.25, -0.2) is 0 Å². The Kier molecular flexibility index (Phi) is 4.41. The van der Waals surface area contributed by atoms with E-state index in [1.807, 2.05) is 0 Å². The van der Waals surface area contributed by atoms with Crippen LogP contribution in [0.4, 0.5) is 0 Å². The average Bonchev–Trinajstić information content (AvgIpc) is 2.82. The van der Waals surface area contributed by atoms with Gasteiger partial charge in [0.05, 0.1) is 6.10 Å². The maximum atomic E-state index is 11.5. The van der Waals surface area contributed by atoms with E-state index in [2.05, 4.69) is 32.4 Å². The number of aliphatic hydroxyl groups excluding tert-OH is 1. The Balaban J connectivity index is 1.77. The van der Waals surface area contributed by atoms with Crippen molar-refractivity contribution in [2.45, 2.75) is 76.9 Å². The summed E-state index contributed by atoms with van der Waals surface area (Å²) >= 11 is 0. The summed E-state index contributed by atoms with van der Waals surface area (Å²) in [6, 6.07) is 0. The van der Waals surface area contributed by atoms with Crippen LogP contribution >= 0.6 is 0 Å². The Hall–Kier alpha value is -1.04. The van der Waals surface area contributed by atoms with Crippen LogP contribution in [0.25, 0.3) is 0 Å². The van der Waals surface area contributed by atoms with Crippen LogP contribution < -0.4 is 0 Å². The molecule has 2 N–H and O–H groups in total. The smallest absolute Gasteiger partial charge is 0.133 e. The lowest BCUT2D eigenvalue weighted by atomic mass is 9.48. The highest BCUT2D eigenvalue weighted by Crippen LogP contribution is 2.67. The van der Waals surface area contributed by atoms with Crippen LogP contribution in [0.1, 0.15) is 65.2 Å². The summed E-state index contributed by atoms with van der Waals surface area (Å²) in [4.78, 5) is 0. The first-order chi connectivity index (χ1) is 12.4. The average molecular weight is 355 g/mol. The lowest BCUT2D eigenvalue weighted by Gasteiger charge is -2.56. The molecule has 2 nitrogen and oxygen atoms in total. The Morgan fingerprint density at radius 2 is 2.12 bits per heavy atom. The molecule has 0 spiro atoms. The summed E-state index contributed by atoms with van der Waals surface area (Å²) in [5.41, 5.74) is 2.02. The molecule has 2 heteroatoms. The Morgan fingerprint density at radius 3 is 2.81 bits per heavy atom. The van der Waals surface area contributed by atoms with Crippen molar-refractivity contribution in [3.05, 3.63) is 23.8 Å². The molecular weight excluding hydrogens is 320 g/mol. The molecule has 4 aliphatic carbocycles. The minimum atomic E-state index is -0.987. The van der Waals surface area contributed by atoms with E-state index in [1.54, 1.807) is 11.1 Å². The second kappa shape index (κ2) is 6.25. The van der Waals surface area contributed by atoms with Crippen LogP contribution in [0.2, 0.25) is 0 Å². The number of allylic oxidation sites excluding steroid dienone is 2. The van der Waals surface area contributed by atoms with Gasteiger partial charge in [0.1, 0.15) is 5.60 Å². The molecule has 0 radical (unpaired) electrons. The first kappa shape index (κ1) is 18.3. The number of rotatable bonds is 2. The summed E-state index contributed by atoms with van der Waals surface area (Å²) < 4.78 is 0. The molecule has 0 bridgehead atoms. The fraction of sp³-hybridized carbons (Fsp3) is 0.750. The Bertz CT molecular complexity index is 670. The number of hydrogen-bond acceptors (Lipinski definition) is 2. The molecular formula is C24H34O2. The van der Waals surface area contributed by atoms with Gasteiger partial charge >= 0.3 is 0 Å². The molecule has 2 fully saturated rings. The molecule has 0 aromatic rings. The van der Waals surface area contributed by atoms with Gasteiger partial charge in [0.25, 0.3) is 0 Å². The zero-order valence-electron chi connectivity index (χ0n) is 16.4. The highest BCUT2D eigenvalue weighted by Gasteiger charge is 2.65. The minimum Gasteiger partial charge on any atom is -0.393 e. The maximum Gasteiger partial charge on any atom is 0.133 e. The maximum absolute atomic E-state index is 11.5. The molecule has 142 valence electrons. The molecule has 0 amide bonds. The van der Waals surface area contributed by atoms with Crippen LogP contribution in [-0.4, -0.2) is 21.9 Å². The summed E-state index contributed by atoms with van der Waals surface area (Å²) in [5, 5.41) is 21.6. The number of terminal acetylenes is 1. The van der Waals surface area contributed by atoms with Gasteiger partial charge in [-0.1, -0.05) is 37.0 Å². The quantitative estimate of drug-likeness (QED) is 0.567. The largest absolute Gasteiger partial charge is 0.393 e. The predicted molar refractivity (Wildman–Crippen MR) is 105 cm³/mol. The van der Waals surface area contributed by atoms with E-state index in [4.69, 9.17) is 6.42 Å². The number of aliphatic hydroxyl groups is 2. The lowest BCUT2D eigenvalue weighted by molar-refractivity contribution is -0.102. The van der Waals surface area contributed by atoms with Gasteiger partial charge in [-0.2, -0.15) is 0 Å².